The zero-order chi connectivity index (χ0) is 15.5. The molecule has 0 spiro atoms. The topological polar surface area (TPSA) is 0 Å². The molecule has 0 amide bonds. The standard InChI is InChI=1S/C20H22F2/c1-2-6-14-9-10-16(11-14)20-18(21)12-17(13-19(20)22)15-7-4-3-5-8-15/h3-5,7-8,12-14,16H,2,6,9-11H2,1H3. The smallest absolute Gasteiger partial charge is 0.130 e. The summed E-state index contributed by atoms with van der Waals surface area (Å²) in [6, 6.07) is 12.4. The van der Waals surface area contributed by atoms with E-state index >= 15 is 0 Å². The van der Waals surface area contributed by atoms with E-state index in [2.05, 4.69) is 6.92 Å². The molecule has 3 rings (SSSR count). The molecule has 0 nitrogen and oxygen atoms in total. The summed E-state index contributed by atoms with van der Waals surface area (Å²) >= 11 is 0. The summed E-state index contributed by atoms with van der Waals surface area (Å²) in [5.41, 5.74) is 1.77. The number of benzene rings is 2. The molecule has 1 saturated carbocycles. The van der Waals surface area contributed by atoms with Crippen molar-refractivity contribution in [1.29, 1.82) is 0 Å². The normalized spacial score (nSPS) is 21.2. The van der Waals surface area contributed by atoms with Crippen molar-refractivity contribution in [3.8, 4) is 11.1 Å². The number of rotatable bonds is 4. The Kier molecular flexibility index (Phi) is 4.56. The zero-order valence-electron chi connectivity index (χ0n) is 13.0. The van der Waals surface area contributed by atoms with Gasteiger partial charge in [-0.15, -0.1) is 0 Å². The Morgan fingerprint density at radius 1 is 0.955 bits per heavy atom. The van der Waals surface area contributed by atoms with E-state index in [0.717, 1.165) is 31.2 Å². The van der Waals surface area contributed by atoms with E-state index in [1.807, 2.05) is 30.3 Å². The van der Waals surface area contributed by atoms with Crippen LogP contribution in [0.4, 0.5) is 8.78 Å². The lowest BCUT2D eigenvalue weighted by molar-refractivity contribution is 0.476. The van der Waals surface area contributed by atoms with Crippen LogP contribution in [-0.4, -0.2) is 0 Å². The minimum Gasteiger partial charge on any atom is -0.207 e. The maximum Gasteiger partial charge on any atom is 0.130 e. The highest BCUT2D eigenvalue weighted by Crippen LogP contribution is 2.42. The first-order valence-electron chi connectivity index (χ1n) is 8.23. The molecule has 2 atom stereocenters. The largest absolute Gasteiger partial charge is 0.207 e. The molecule has 0 heterocycles. The van der Waals surface area contributed by atoms with Gasteiger partial charge in [-0.3, -0.25) is 0 Å². The molecule has 0 bridgehead atoms. The van der Waals surface area contributed by atoms with E-state index in [1.165, 1.54) is 18.6 Å². The Bertz CT molecular complexity index is 610. The van der Waals surface area contributed by atoms with Crippen molar-refractivity contribution in [2.24, 2.45) is 5.92 Å². The lowest BCUT2D eigenvalue weighted by Gasteiger charge is -2.15. The highest BCUT2D eigenvalue weighted by atomic mass is 19.1. The fourth-order valence-electron chi connectivity index (χ4n) is 3.78. The Hall–Kier alpha value is -1.70. The fraction of sp³-hybridized carbons (Fsp3) is 0.400. The van der Waals surface area contributed by atoms with Crippen molar-refractivity contribution in [3.63, 3.8) is 0 Å². The first-order chi connectivity index (χ1) is 10.7. The Morgan fingerprint density at radius 3 is 2.27 bits per heavy atom. The van der Waals surface area contributed by atoms with Gasteiger partial charge in [-0.1, -0.05) is 50.1 Å². The zero-order valence-corrected chi connectivity index (χ0v) is 13.0. The maximum atomic E-state index is 14.5. The molecule has 0 radical (unpaired) electrons. The van der Waals surface area contributed by atoms with Crippen molar-refractivity contribution in [2.45, 2.75) is 44.9 Å². The lowest BCUT2D eigenvalue weighted by Crippen LogP contribution is -2.03. The molecule has 0 aliphatic heterocycles. The van der Waals surface area contributed by atoms with E-state index in [-0.39, 0.29) is 17.6 Å². The third kappa shape index (κ3) is 3.06. The van der Waals surface area contributed by atoms with Gasteiger partial charge in [0.2, 0.25) is 0 Å². The van der Waals surface area contributed by atoms with Crippen LogP contribution in [0.2, 0.25) is 0 Å². The van der Waals surface area contributed by atoms with E-state index in [9.17, 15) is 8.78 Å². The Labute approximate surface area is 131 Å². The monoisotopic (exact) mass is 300 g/mol. The molecule has 116 valence electrons. The van der Waals surface area contributed by atoms with Crippen molar-refractivity contribution in [2.75, 3.05) is 0 Å². The van der Waals surface area contributed by atoms with Gasteiger partial charge in [0, 0.05) is 5.56 Å². The molecule has 2 aromatic carbocycles. The molecule has 2 aromatic rings. The first-order valence-corrected chi connectivity index (χ1v) is 8.23. The molecule has 1 fully saturated rings. The van der Waals surface area contributed by atoms with Crippen molar-refractivity contribution in [1.82, 2.24) is 0 Å². The molecule has 0 saturated heterocycles. The van der Waals surface area contributed by atoms with Gasteiger partial charge in [-0.2, -0.15) is 0 Å². The predicted octanol–water partition coefficient (Wildman–Crippen LogP) is 6.32. The molecule has 0 N–H and O–H groups in total. The minimum atomic E-state index is -0.388. The molecular weight excluding hydrogens is 278 g/mol. The van der Waals surface area contributed by atoms with E-state index in [4.69, 9.17) is 0 Å². The lowest BCUT2D eigenvalue weighted by atomic mass is 9.92. The van der Waals surface area contributed by atoms with Gasteiger partial charge in [0.05, 0.1) is 0 Å². The molecule has 1 aliphatic carbocycles. The quantitative estimate of drug-likeness (QED) is 0.620. The van der Waals surface area contributed by atoms with Crippen LogP contribution in [0.5, 0.6) is 0 Å². The second kappa shape index (κ2) is 6.60. The second-order valence-electron chi connectivity index (χ2n) is 6.38. The highest BCUT2D eigenvalue weighted by Gasteiger charge is 2.29. The van der Waals surface area contributed by atoms with Crippen molar-refractivity contribution >= 4 is 0 Å². The summed E-state index contributed by atoms with van der Waals surface area (Å²) in [6.45, 7) is 2.17. The van der Waals surface area contributed by atoms with Gasteiger partial charge in [-0.25, -0.2) is 8.78 Å². The minimum absolute atomic E-state index is 0.0429. The van der Waals surface area contributed by atoms with Crippen LogP contribution >= 0.6 is 0 Å². The van der Waals surface area contributed by atoms with Crippen LogP contribution in [0, 0.1) is 17.6 Å². The van der Waals surface area contributed by atoms with Crippen molar-refractivity contribution in [3.05, 3.63) is 59.7 Å². The summed E-state index contributed by atoms with van der Waals surface area (Å²) < 4.78 is 29.0. The maximum absolute atomic E-state index is 14.5. The summed E-state index contributed by atoms with van der Waals surface area (Å²) in [6.07, 6.45) is 5.24. The van der Waals surface area contributed by atoms with Gasteiger partial charge in [0.25, 0.3) is 0 Å². The number of hydrogen-bond donors (Lipinski definition) is 0. The van der Waals surface area contributed by atoms with Gasteiger partial charge in [-0.05, 0) is 54.4 Å². The van der Waals surface area contributed by atoms with Gasteiger partial charge in [0.15, 0.2) is 0 Å². The molecule has 1 aliphatic rings. The van der Waals surface area contributed by atoms with Crippen LogP contribution < -0.4 is 0 Å². The van der Waals surface area contributed by atoms with Crippen LogP contribution in [0.3, 0.4) is 0 Å². The summed E-state index contributed by atoms with van der Waals surface area (Å²) in [5, 5.41) is 0. The van der Waals surface area contributed by atoms with Crippen molar-refractivity contribution < 1.29 is 8.78 Å². The summed E-state index contributed by atoms with van der Waals surface area (Å²) in [5.74, 6) is -0.106. The molecular formula is C20H22F2. The Balaban J connectivity index is 1.88. The number of hydrogen-bond acceptors (Lipinski definition) is 0. The van der Waals surface area contributed by atoms with Crippen LogP contribution in [0.1, 0.15) is 50.5 Å². The predicted molar refractivity (Wildman–Crippen MR) is 86.8 cm³/mol. The third-order valence-electron chi connectivity index (χ3n) is 4.83. The highest BCUT2D eigenvalue weighted by molar-refractivity contribution is 5.64. The molecule has 0 aromatic heterocycles. The van der Waals surface area contributed by atoms with E-state index in [1.54, 1.807) is 0 Å². The van der Waals surface area contributed by atoms with Crippen LogP contribution in [-0.2, 0) is 0 Å². The van der Waals surface area contributed by atoms with Crippen LogP contribution in [0.25, 0.3) is 11.1 Å². The average molecular weight is 300 g/mol. The van der Waals surface area contributed by atoms with E-state index in [0.29, 0.717) is 17.0 Å². The van der Waals surface area contributed by atoms with Gasteiger partial charge in [0.1, 0.15) is 11.6 Å². The van der Waals surface area contributed by atoms with Gasteiger partial charge < -0.3 is 0 Å². The molecule has 22 heavy (non-hydrogen) atoms. The fourth-order valence-corrected chi connectivity index (χ4v) is 3.78. The molecule has 2 heteroatoms. The van der Waals surface area contributed by atoms with E-state index < -0.39 is 0 Å². The molecule has 2 unspecified atom stereocenters. The van der Waals surface area contributed by atoms with Crippen LogP contribution in [0.15, 0.2) is 42.5 Å². The van der Waals surface area contributed by atoms with Gasteiger partial charge >= 0.3 is 0 Å². The number of halogens is 2. The summed E-state index contributed by atoms with van der Waals surface area (Å²) in [7, 11) is 0. The SMILES string of the molecule is CCCC1CCC(c2c(F)cc(-c3ccccc3)cc2F)C1. The average Bonchev–Trinajstić information content (AvgIpc) is 2.96. The second-order valence-corrected chi connectivity index (χ2v) is 6.38. The summed E-state index contributed by atoms with van der Waals surface area (Å²) in [4.78, 5) is 0. The Morgan fingerprint density at radius 2 is 1.64 bits per heavy atom. The first kappa shape index (κ1) is 15.2. The third-order valence-corrected chi connectivity index (χ3v) is 4.83.